The van der Waals surface area contributed by atoms with Gasteiger partial charge in [0.1, 0.15) is 5.75 Å². The van der Waals surface area contributed by atoms with E-state index in [0.717, 1.165) is 6.42 Å². The quantitative estimate of drug-likeness (QED) is 0.547. The number of benzene rings is 2. The van der Waals surface area contributed by atoms with Crippen molar-refractivity contribution < 1.29 is 32.6 Å². The minimum absolute atomic E-state index is 0.0115. The van der Waals surface area contributed by atoms with E-state index < -0.39 is 12.5 Å². The summed E-state index contributed by atoms with van der Waals surface area (Å²) in [5.41, 5.74) is 0.745. The number of carbonyl (C=O) groups excluding carboxylic acids is 2. The number of methoxy groups -OCH3 is 1. The van der Waals surface area contributed by atoms with Crippen LogP contribution in [0, 0.1) is 0 Å². The Morgan fingerprint density at radius 2 is 1.76 bits per heavy atom. The largest absolute Gasteiger partial charge is 0.494 e. The fraction of sp³-hybridized carbons (Fsp3) is 0.333. The van der Waals surface area contributed by atoms with Gasteiger partial charge < -0.3 is 19.5 Å². The van der Waals surface area contributed by atoms with Crippen LogP contribution in [0.4, 0.5) is 14.5 Å². The topological polar surface area (TPSA) is 73.9 Å². The average Bonchev–Trinajstić information content (AvgIpc) is 2.70. The Hall–Kier alpha value is -3.16. The highest BCUT2D eigenvalue weighted by Crippen LogP contribution is 2.31. The number of ketones is 1. The zero-order valence-electron chi connectivity index (χ0n) is 16.2. The first-order chi connectivity index (χ1) is 13.9. The monoisotopic (exact) mass is 407 g/mol. The first-order valence-electron chi connectivity index (χ1n) is 9.11. The van der Waals surface area contributed by atoms with E-state index in [1.807, 2.05) is 6.92 Å². The summed E-state index contributed by atoms with van der Waals surface area (Å²) in [7, 11) is 1.32. The van der Waals surface area contributed by atoms with E-state index in [1.165, 1.54) is 25.3 Å². The maximum Gasteiger partial charge on any atom is 0.387 e. The molecule has 0 aromatic heterocycles. The molecule has 0 aliphatic carbocycles. The van der Waals surface area contributed by atoms with E-state index in [0.29, 0.717) is 17.9 Å². The molecule has 0 radical (unpaired) electrons. The van der Waals surface area contributed by atoms with E-state index in [4.69, 9.17) is 9.47 Å². The second kappa shape index (κ2) is 11.0. The van der Waals surface area contributed by atoms with Gasteiger partial charge in [-0.2, -0.15) is 8.78 Å². The Bertz CT molecular complexity index is 824. The van der Waals surface area contributed by atoms with Crippen LogP contribution >= 0.6 is 0 Å². The summed E-state index contributed by atoms with van der Waals surface area (Å²) in [4.78, 5) is 24.4. The Kier molecular flexibility index (Phi) is 8.39. The zero-order chi connectivity index (χ0) is 21.2. The number of ether oxygens (including phenoxy) is 3. The number of hydrogen-bond donors (Lipinski definition) is 1. The summed E-state index contributed by atoms with van der Waals surface area (Å²) in [5.74, 6) is 0.00197. The Labute approximate surface area is 167 Å². The number of rotatable bonds is 11. The molecule has 0 aliphatic rings. The number of hydrogen-bond acceptors (Lipinski definition) is 5. The van der Waals surface area contributed by atoms with Crippen LogP contribution in [-0.2, 0) is 4.79 Å². The molecule has 0 atom stereocenters. The number of halogens is 2. The number of anilines is 1. The van der Waals surface area contributed by atoms with Crippen molar-refractivity contribution >= 4 is 17.4 Å². The first kappa shape index (κ1) is 22.1. The molecular formula is C21H23F2NO5. The van der Waals surface area contributed by atoms with E-state index in [9.17, 15) is 18.4 Å². The van der Waals surface area contributed by atoms with Gasteiger partial charge in [0.2, 0.25) is 5.91 Å². The second-order valence-corrected chi connectivity index (χ2v) is 6.09. The van der Waals surface area contributed by atoms with Gasteiger partial charge in [-0.25, -0.2) is 0 Å². The molecule has 2 rings (SSSR count). The lowest BCUT2D eigenvalue weighted by molar-refractivity contribution is -0.116. The highest BCUT2D eigenvalue weighted by molar-refractivity contribution is 6.00. The lowest BCUT2D eigenvalue weighted by Crippen LogP contribution is -2.14. The van der Waals surface area contributed by atoms with Crippen molar-refractivity contribution in [3.05, 3.63) is 48.0 Å². The van der Waals surface area contributed by atoms with Crippen LogP contribution < -0.4 is 19.5 Å². The maximum absolute atomic E-state index is 12.5. The molecule has 0 aliphatic heterocycles. The van der Waals surface area contributed by atoms with Gasteiger partial charge in [0.15, 0.2) is 17.3 Å². The predicted octanol–water partition coefficient (Wildman–Crippen LogP) is 4.69. The van der Waals surface area contributed by atoms with Crippen LogP contribution in [0.2, 0.25) is 0 Å². The van der Waals surface area contributed by atoms with E-state index >= 15 is 0 Å². The third-order valence-corrected chi connectivity index (χ3v) is 3.89. The third kappa shape index (κ3) is 7.06. The number of Topliss-reactive ketones (excluding diaryl/α,β-unsaturated/α-hetero) is 1. The lowest BCUT2D eigenvalue weighted by Gasteiger charge is -2.12. The molecule has 1 N–H and O–H groups in total. The predicted molar refractivity (Wildman–Crippen MR) is 104 cm³/mol. The van der Waals surface area contributed by atoms with Gasteiger partial charge in [-0.15, -0.1) is 0 Å². The normalized spacial score (nSPS) is 10.5. The number of carbonyl (C=O) groups is 2. The first-order valence-corrected chi connectivity index (χ1v) is 9.11. The van der Waals surface area contributed by atoms with Crippen molar-refractivity contribution in [2.75, 3.05) is 19.0 Å². The van der Waals surface area contributed by atoms with Crippen molar-refractivity contribution in [1.29, 1.82) is 0 Å². The highest BCUT2D eigenvalue weighted by atomic mass is 19.3. The van der Waals surface area contributed by atoms with Crippen molar-refractivity contribution in [3.63, 3.8) is 0 Å². The molecule has 0 unspecified atom stereocenters. The highest BCUT2D eigenvalue weighted by Gasteiger charge is 2.14. The van der Waals surface area contributed by atoms with Gasteiger partial charge in [-0.05, 0) is 42.8 Å². The molecule has 1 amide bonds. The molecule has 6 nitrogen and oxygen atoms in total. The van der Waals surface area contributed by atoms with Crippen molar-refractivity contribution in [2.45, 2.75) is 32.8 Å². The van der Waals surface area contributed by atoms with Crippen LogP contribution in [0.25, 0.3) is 0 Å². The smallest absolute Gasteiger partial charge is 0.387 e. The molecule has 0 fully saturated rings. The Balaban J connectivity index is 1.90. The minimum Gasteiger partial charge on any atom is -0.494 e. The van der Waals surface area contributed by atoms with Gasteiger partial charge in [0.25, 0.3) is 0 Å². The van der Waals surface area contributed by atoms with Gasteiger partial charge in [0.05, 0.1) is 13.7 Å². The average molecular weight is 407 g/mol. The van der Waals surface area contributed by atoms with Crippen LogP contribution in [0.3, 0.4) is 0 Å². The standard InChI is InChI=1S/C21H23F2NO5/c1-3-12-28-16-7-4-14(5-8-16)17(25)9-11-20(26)24-15-6-10-18(27-2)19(13-15)29-21(22)23/h4-8,10,13,21H,3,9,11-12H2,1-2H3,(H,24,26). The molecule has 2 aromatic carbocycles. The van der Waals surface area contributed by atoms with Gasteiger partial charge in [-0.3, -0.25) is 9.59 Å². The SMILES string of the molecule is CCCOc1ccc(C(=O)CCC(=O)Nc2ccc(OC)c(OC(F)F)c2)cc1. The van der Waals surface area contributed by atoms with E-state index in [2.05, 4.69) is 10.1 Å². The second-order valence-electron chi connectivity index (χ2n) is 6.09. The van der Waals surface area contributed by atoms with Crippen LogP contribution in [0.5, 0.6) is 17.2 Å². The maximum atomic E-state index is 12.5. The van der Waals surface area contributed by atoms with E-state index in [-0.39, 0.29) is 35.8 Å². The van der Waals surface area contributed by atoms with Crippen LogP contribution in [0.15, 0.2) is 42.5 Å². The molecular weight excluding hydrogens is 384 g/mol. The van der Waals surface area contributed by atoms with E-state index in [1.54, 1.807) is 24.3 Å². The van der Waals surface area contributed by atoms with Crippen LogP contribution in [-0.4, -0.2) is 32.0 Å². The molecule has 29 heavy (non-hydrogen) atoms. The lowest BCUT2D eigenvalue weighted by atomic mass is 10.1. The molecule has 0 bridgehead atoms. The molecule has 0 spiro atoms. The van der Waals surface area contributed by atoms with Gasteiger partial charge in [0, 0.05) is 30.2 Å². The van der Waals surface area contributed by atoms with Crippen molar-refractivity contribution in [3.8, 4) is 17.2 Å². The molecule has 156 valence electrons. The summed E-state index contributed by atoms with van der Waals surface area (Å²) < 4.78 is 39.7. The fourth-order valence-electron chi connectivity index (χ4n) is 2.49. The summed E-state index contributed by atoms with van der Waals surface area (Å²) in [5, 5.41) is 2.55. The number of nitrogens with one attached hydrogen (secondary N) is 1. The zero-order valence-corrected chi connectivity index (χ0v) is 16.2. The third-order valence-electron chi connectivity index (χ3n) is 3.89. The molecule has 8 heteroatoms. The fourth-order valence-corrected chi connectivity index (χ4v) is 2.49. The van der Waals surface area contributed by atoms with Gasteiger partial charge in [-0.1, -0.05) is 6.92 Å². The molecule has 2 aromatic rings. The summed E-state index contributed by atoms with van der Waals surface area (Å²) in [6.45, 7) is -0.420. The van der Waals surface area contributed by atoms with Crippen molar-refractivity contribution in [2.24, 2.45) is 0 Å². The molecule has 0 heterocycles. The Morgan fingerprint density at radius 1 is 1.03 bits per heavy atom. The molecule has 0 saturated carbocycles. The number of amides is 1. The van der Waals surface area contributed by atoms with Crippen LogP contribution in [0.1, 0.15) is 36.5 Å². The molecule has 0 saturated heterocycles. The van der Waals surface area contributed by atoms with Crippen molar-refractivity contribution in [1.82, 2.24) is 0 Å². The number of alkyl halides is 2. The summed E-state index contributed by atoms with van der Waals surface area (Å²) >= 11 is 0. The summed E-state index contributed by atoms with van der Waals surface area (Å²) in [6.07, 6.45) is 0.848. The van der Waals surface area contributed by atoms with Gasteiger partial charge >= 0.3 is 6.61 Å². The Morgan fingerprint density at radius 3 is 2.38 bits per heavy atom. The minimum atomic E-state index is -3.02. The summed E-state index contributed by atoms with van der Waals surface area (Å²) in [6, 6.07) is 10.9.